The van der Waals surface area contributed by atoms with Crippen LogP contribution in [0.3, 0.4) is 0 Å². The van der Waals surface area contributed by atoms with E-state index in [0.717, 1.165) is 56.1 Å². The molecule has 3 aromatic rings. The van der Waals surface area contributed by atoms with Gasteiger partial charge in [-0.15, -0.1) is 0 Å². The molecule has 208 valence electrons. The summed E-state index contributed by atoms with van der Waals surface area (Å²) in [5.41, 5.74) is 7.78. The summed E-state index contributed by atoms with van der Waals surface area (Å²) in [7, 11) is 0. The van der Waals surface area contributed by atoms with Crippen LogP contribution in [0.25, 0.3) is 0 Å². The Hall–Kier alpha value is -3.40. The first-order valence-corrected chi connectivity index (χ1v) is 14.6. The van der Waals surface area contributed by atoms with E-state index < -0.39 is 0 Å². The highest BCUT2D eigenvalue weighted by Crippen LogP contribution is 2.37. The molecule has 3 aromatic carbocycles. The predicted molar refractivity (Wildman–Crippen MR) is 164 cm³/mol. The maximum absolute atomic E-state index is 6.31. The highest BCUT2D eigenvalue weighted by Gasteiger charge is 2.22. The van der Waals surface area contributed by atoms with Crippen molar-refractivity contribution in [3.8, 4) is 11.5 Å². The third kappa shape index (κ3) is 7.38. The van der Waals surface area contributed by atoms with Crippen molar-refractivity contribution in [2.45, 2.75) is 79.2 Å². The maximum atomic E-state index is 6.31. The second kappa shape index (κ2) is 13.6. The van der Waals surface area contributed by atoms with Crippen molar-refractivity contribution in [1.82, 2.24) is 4.90 Å². The van der Waals surface area contributed by atoms with Crippen molar-refractivity contribution in [3.05, 3.63) is 101 Å². The molecule has 0 unspecified atom stereocenters. The van der Waals surface area contributed by atoms with Crippen molar-refractivity contribution in [1.29, 1.82) is 0 Å². The van der Waals surface area contributed by atoms with Crippen LogP contribution >= 0.6 is 0 Å². The quantitative estimate of drug-likeness (QED) is 0.208. The van der Waals surface area contributed by atoms with Crippen LogP contribution in [0.1, 0.15) is 87.1 Å². The molecule has 1 aliphatic heterocycles. The minimum absolute atomic E-state index is 0.499. The number of ether oxygens (including phenoxy) is 2. The van der Waals surface area contributed by atoms with Crippen molar-refractivity contribution < 1.29 is 9.47 Å². The van der Waals surface area contributed by atoms with Crippen LogP contribution in [0.15, 0.2) is 73.1 Å². The number of unbranched alkanes of at least 4 members (excludes halogenated alkanes) is 1. The molecule has 0 radical (unpaired) electrons. The number of aryl methyl sites for hydroxylation is 2. The number of hydrogen-bond donors (Lipinski definition) is 0. The number of hydrogen-bond acceptors (Lipinski definition) is 4. The molecule has 0 bridgehead atoms. The number of benzene rings is 3. The molecule has 4 heteroatoms. The Bertz CT molecular complexity index is 1210. The third-order valence-electron chi connectivity index (χ3n) is 7.46. The minimum atomic E-state index is 0.499. The summed E-state index contributed by atoms with van der Waals surface area (Å²) in [4.78, 5) is 4.85. The zero-order valence-corrected chi connectivity index (χ0v) is 24.7. The van der Waals surface area contributed by atoms with Crippen LogP contribution in [0.2, 0.25) is 0 Å². The zero-order chi connectivity index (χ0) is 27.8. The average molecular weight is 527 g/mol. The first-order chi connectivity index (χ1) is 18.9. The van der Waals surface area contributed by atoms with Gasteiger partial charge in [0.25, 0.3) is 0 Å². The van der Waals surface area contributed by atoms with Crippen LogP contribution in [-0.2, 0) is 13.0 Å². The van der Waals surface area contributed by atoms with E-state index in [1.807, 2.05) is 18.2 Å². The summed E-state index contributed by atoms with van der Waals surface area (Å²) in [6.45, 7) is 16.7. The Labute approximate surface area is 236 Å². The standard InChI is InChI=1S/C35H46N2O2/c1-7-30-23-31(39-24-29-14-9-8-10-15-29)22-28(6)35(30)38-21-12-11-18-36-19-20-37(25-36)34-32(26(2)3)16-13-17-33(34)27(4)5/h8-10,13-17,19-20,22-23,26-27H,7,11-12,18,21,24-25H2,1-6H3. The van der Waals surface area contributed by atoms with E-state index in [1.54, 1.807) is 0 Å². The molecule has 0 N–H and O–H groups in total. The molecular formula is C35H46N2O2. The lowest BCUT2D eigenvalue weighted by Crippen LogP contribution is -2.27. The zero-order valence-electron chi connectivity index (χ0n) is 24.7. The molecule has 0 atom stereocenters. The second-order valence-electron chi connectivity index (χ2n) is 11.2. The molecular weight excluding hydrogens is 480 g/mol. The van der Waals surface area contributed by atoms with E-state index in [0.29, 0.717) is 18.4 Å². The van der Waals surface area contributed by atoms with Crippen molar-refractivity contribution in [2.75, 3.05) is 24.7 Å². The first-order valence-electron chi connectivity index (χ1n) is 14.6. The molecule has 39 heavy (non-hydrogen) atoms. The van der Waals surface area contributed by atoms with Crippen LogP contribution in [0.5, 0.6) is 11.5 Å². The topological polar surface area (TPSA) is 24.9 Å². The van der Waals surface area contributed by atoms with Gasteiger partial charge in [-0.25, -0.2) is 0 Å². The van der Waals surface area contributed by atoms with Crippen molar-refractivity contribution in [3.63, 3.8) is 0 Å². The summed E-state index contributed by atoms with van der Waals surface area (Å²) < 4.78 is 12.4. The lowest BCUT2D eigenvalue weighted by molar-refractivity contribution is 0.285. The highest BCUT2D eigenvalue weighted by molar-refractivity contribution is 5.64. The Morgan fingerprint density at radius 3 is 2.21 bits per heavy atom. The number of nitrogens with zero attached hydrogens (tertiary/aromatic N) is 2. The fourth-order valence-electron chi connectivity index (χ4n) is 5.29. The monoisotopic (exact) mass is 526 g/mol. The SMILES string of the molecule is CCc1cc(OCc2ccccc2)cc(C)c1OCCCCN1C=CN(c2c(C(C)C)cccc2C(C)C)C1. The lowest BCUT2D eigenvalue weighted by Gasteiger charge is -2.28. The van der Waals surface area contributed by atoms with Crippen LogP contribution in [-0.4, -0.2) is 24.7 Å². The Balaban J connectivity index is 1.27. The highest BCUT2D eigenvalue weighted by atomic mass is 16.5. The molecule has 0 fully saturated rings. The molecule has 0 amide bonds. The smallest absolute Gasteiger partial charge is 0.125 e. The van der Waals surface area contributed by atoms with Gasteiger partial charge in [-0.3, -0.25) is 0 Å². The minimum Gasteiger partial charge on any atom is -0.493 e. The predicted octanol–water partition coefficient (Wildman–Crippen LogP) is 8.79. The van der Waals surface area contributed by atoms with E-state index >= 15 is 0 Å². The van der Waals surface area contributed by atoms with Crippen LogP contribution in [0.4, 0.5) is 5.69 Å². The van der Waals surface area contributed by atoms with Gasteiger partial charge in [-0.05, 0) is 78.0 Å². The van der Waals surface area contributed by atoms with E-state index in [9.17, 15) is 0 Å². The van der Waals surface area contributed by atoms with E-state index in [4.69, 9.17) is 9.47 Å². The van der Waals surface area contributed by atoms with Crippen molar-refractivity contribution in [2.24, 2.45) is 0 Å². The maximum Gasteiger partial charge on any atom is 0.125 e. The molecule has 4 nitrogen and oxygen atoms in total. The molecule has 1 heterocycles. The van der Waals surface area contributed by atoms with E-state index in [1.165, 1.54) is 27.9 Å². The van der Waals surface area contributed by atoms with E-state index in [-0.39, 0.29) is 0 Å². The van der Waals surface area contributed by atoms with Gasteiger partial charge in [-0.2, -0.15) is 0 Å². The van der Waals surface area contributed by atoms with Gasteiger partial charge in [0.05, 0.1) is 13.3 Å². The summed E-state index contributed by atoms with van der Waals surface area (Å²) in [6, 6.07) is 21.3. The molecule has 4 rings (SSSR count). The number of rotatable bonds is 13. The largest absolute Gasteiger partial charge is 0.493 e. The molecule has 0 aliphatic carbocycles. The van der Waals surface area contributed by atoms with Gasteiger partial charge in [0, 0.05) is 24.6 Å². The first kappa shape index (κ1) is 28.6. The van der Waals surface area contributed by atoms with Gasteiger partial charge >= 0.3 is 0 Å². The Morgan fingerprint density at radius 1 is 0.821 bits per heavy atom. The number of para-hydroxylation sites is 1. The molecule has 0 saturated heterocycles. The summed E-state index contributed by atoms with van der Waals surface area (Å²) >= 11 is 0. The van der Waals surface area contributed by atoms with Crippen LogP contribution in [0, 0.1) is 6.92 Å². The van der Waals surface area contributed by atoms with Gasteiger partial charge in [-0.1, -0.05) is 83.1 Å². The molecule has 0 aromatic heterocycles. The normalized spacial score (nSPS) is 13.1. The second-order valence-corrected chi connectivity index (χ2v) is 11.2. The van der Waals surface area contributed by atoms with E-state index in [2.05, 4.69) is 106 Å². The van der Waals surface area contributed by atoms with Gasteiger partial charge in [0.15, 0.2) is 0 Å². The van der Waals surface area contributed by atoms with Crippen molar-refractivity contribution >= 4 is 5.69 Å². The summed E-state index contributed by atoms with van der Waals surface area (Å²) in [5, 5.41) is 0. The third-order valence-corrected chi connectivity index (χ3v) is 7.46. The average Bonchev–Trinajstić information content (AvgIpc) is 3.41. The summed E-state index contributed by atoms with van der Waals surface area (Å²) in [6.07, 6.45) is 7.54. The number of anilines is 1. The Morgan fingerprint density at radius 2 is 1.54 bits per heavy atom. The Kier molecular flexibility index (Phi) is 9.97. The summed E-state index contributed by atoms with van der Waals surface area (Å²) in [5.74, 6) is 2.92. The molecule has 0 spiro atoms. The van der Waals surface area contributed by atoms with Gasteiger partial charge in [0.1, 0.15) is 18.1 Å². The van der Waals surface area contributed by atoms with Gasteiger partial charge < -0.3 is 19.3 Å². The molecule has 1 aliphatic rings. The lowest BCUT2D eigenvalue weighted by atomic mass is 9.92. The fourth-order valence-corrected chi connectivity index (χ4v) is 5.29. The fraction of sp³-hybridized carbons (Fsp3) is 0.429. The molecule has 0 saturated carbocycles. The van der Waals surface area contributed by atoms with Gasteiger partial charge in [0.2, 0.25) is 0 Å². The van der Waals surface area contributed by atoms with Crippen LogP contribution < -0.4 is 14.4 Å².